The van der Waals surface area contributed by atoms with Crippen LogP contribution in [-0.4, -0.2) is 35.0 Å². The normalized spacial score (nSPS) is 31.9. The van der Waals surface area contributed by atoms with Crippen molar-refractivity contribution in [3.63, 3.8) is 0 Å². The van der Waals surface area contributed by atoms with Gasteiger partial charge in [0.05, 0.1) is 6.10 Å². The SMILES string of the molecule is CCCCCCCCCCCC(O)[C@@]12O[C@@H]1[C@@H](C)OC2=O. The summed E-state index contributed by atoms with van der Waals surface area (Å²) in [7, 11) is 0. The molecule has 21 heavy (non-hydrogen) atoms. The Morgan fingerprint density at radius 1 is 1.10 bits per heavy atom. The molecule has 0 spiro atoms. The first-order valence-corrected chi connectivity index (χ1v) is 8.70. The molecule has 4 atom stereocenters. The molecule has 0 aliphatic carbocycles. The van der Waals surface area contributed by atoms with Gasteiger partial charge in [0.25, 0.3) is 0 Å². The molecule has 2 saturated heterocycles. The zero-order valence-corrected chi connectivity index (χ0v) is 13.5. The molecule has 2 rings (SSSR count). The summed E-state index contributed by atoms with van der Waals surface area (Å²) in [5.41, 5.74) is -1.01. The molecule has 2 aliphatic heterocycles. The maximum atomic E-state index is 11.7. The van der Waals surface area contributed by atoms with Gasteiger partial charge in [-0.1, -0.05) is 64.7 Å². The standard InChI is InChI=1S/C17H30O4/c1-3-4-5-6-7-8-9-10-11-12-14(18)17-15(21-17)13(2)20-16(17)19/h13-15,18H,3-12H2,1-2H3/t13-,14?,15-,17-/m1/s1. The number of rotatable bonds is 11. The summed E-state index contributed by atoms with van der Waals surface area (Å²) in [5.74, 6) is -0.372. The van der Waals surface area contributed by atoms with Gasteiger partial charge in [-0.2, -0.15) is 0 Å². The van der Waals surface area contributed by atoms with Crippen LogP contribution in [0.25, 0.3) is 0 Å². The Labute approximate surface area is 128 Å². The molecule has 0 aromatic heterocycles. The number of hydrogen-bond donors (Lipinski definition) is 1. The monoisotopic (exact) mass is 298 g/mol. The average Bonchev–Trinajstić information content (AvgIpc) is 3.17. The largest absolute Gasteiger partial charge is 0.457 e. The van der Waals surface area contributed by atoms with Gasteiger partial charge in [-0.3, -0.25) is 0 Å². The van der Waals surface area contributed by atoms with Gasteiger partial charge >= 0.3 is 5.97 Å². The minimum atomic E-state index is -1.01. The van der Waals surface area contributed by atoms with E-state index in [2.05, 4.69) is 6.92 Å². The van der Waals surface area contributed by atoms with Crippen molar-refractivity contribution in [1.29, 1.82) is 0 Å². The van der Waals surface area contributed by atoms with Crippen molar-refractivity contribution in [2.75, 3.05) is 0 Å². The fourth-order valence-electron chi connectivity index (χ4n) is 3.37. The Morgan fingerprint density at radius 2 is 1.67 bits per heavy atom. The second kappa shape index (κ2) is 7.59. The third-order valence-electron chi connectivity index (χ3n) is 4.80. The van der Waals surface area contributed by atoms with Crippen molar-refractivity contribution in [3.05, 3.63) is 0 Å². The van der Waals surface area contributed by atoms with Crippen LogP contribution in [0, 0.1) is 0 Å². The highest BCUT2D eigenvalue weighted by Crippen LogP contribution is 2.50. The zero-order chi connectivity index (χ0) is 15.3. The summed E-state index contributed by atoms with van der Waals surface area (Å²) in [6, 6.07) is 0. The average molecular weight is 298 g/mol. The molecule has 2 heterocycles. The molecule has 0 bridgehead atoms. The number of ether oxygens (including phenoxy) is 2. The second-order valence-electron chi connectivity index (χ2n) is 6.57. The molecule has 122 valence electrons. The van der Waals surface area contributed by atoms with Gasteiger partial charge < -0.3 is 14.6 Å². The van der Waals surface area contributed by atoms with E-state index < -0.39 is 11.7 Å². The first-order valence-electron chi connectivity index (χ1n) is 8.70. The molecular formula is C17H30O4. The number of cyclic esters (lactones) is 1. The van der Waals surface area contributed by atoms with Crippen LogP contribution in [0.3, 0.4) is 0 Å². The van der Waals surface area contributed by atoms with Crippen molar-refractivity contribution in [3.8, 4) is 0 Å². The smallest absolute Gasteiger partial charge is 0.344 e. The summed E-state index contributed by atoms with van der Waals surface area (Å²) in [4.78, 5) is 11.7. The minimum absolute atomic E-state index is 0.213. The van der Waals surface area contributed by atoms with E-state index in [-0.39, 0.29) is 18.2 Å². The highest BCUT2D eigenvalue weighted by Gasteiger charge is 2.75. The Hall–Kier alpha value is -0.610. The molecule has 0 saturated carbocycles. The Kier molecular flexibility index (Phi) is 6.06. The summed E-state index contributed by atoms with van der Waals surface area (Å²) in [6.07, 6.45) is 10.7. The van der Waals surface area contributed by atoms with Gasteiger partial charge in [-0.15, -0.1) is 0 Å². The first-order chi connectivity index (χ1) is 10.1. The lowest BCUT2D eigenvalue weighted by atomic mass is 9.94. The third-order valence-corrected chi connectivity index (χ3v) is 4.80. The van der Waals surface area contributed by atoms with E-state index in [0.717, 1.165) is 12.8 Å². The van der Waals surface area contributed by atoms with Crippen molar-refractivity contribution in [2.45, 2.75) is 102 Å². The molecule has 2 fully saturated rings. The van der Waals surface area contributed by atoms with E-state index in [0.29, 0.717) is 6.42 Å². The van der Waals surface area contributed by atoms with Crippen LogP contribution in [0.5, 0.6) is 0 Å². The number of carbonyl (C=O) groups excluding carboxylic acids is 1. The predicted octanol–water partition coefficient (Wildman–Crippen LogP) is 3.35. The molecule has 1 unspecified atom stereocenters. The first kappa shape index (κ1) is 16.8. The Morgan fingerprint density at radius 3 is 2.14 bits per heavy atom. The Balaban J connectivity index is 1.51. The lowest BCUT2D eigenvalue weighted by Crippen LogP contribution is -2.37. The van der Waals surface area contributed by atoms with Crippen molar-refractivity contribution in [2.24, 2.45) is 0 Å². The number of unbranched alkanes of at least 4 members (excludes halogenated alkanes) is 8. The van der Waals surface area contributed by atoms with E-state index in [1.54, 1.807) is 0 Å². The van der Waals surface area contributed by atoms with E-state index in [1.165, 1.54) is 44.9 Å². The molecule has 4 nitrogen and oxygen atoms in total. The number of aliphatic hydroxyl groups is 1. The van der Waals surface area contributed by atoms with E-state index in [4.69, 9.17) is 9.47 Å². The van der Waals surface area contributed by atoms with Crippen LogP contribution in [0.4, 0.5) is 0 Å². The molecular weight excluding hydrogens is 268 g/mol. The van der Waals surface area contributed by atoms with Gasteiger partial charge in [0.15, 0.2) is 0 Å². The van der Waals surface area contributed by atoms with Crippen LogP contribution >= 0.6 is 0 Å². The van der Waals surface area contributed by atoms with Gasteiger partial charge in [0.2, 0.25) is 5.60 Å². The number of fused-ring (bicyclic) bond motifs is 1. The molecule has 0 radical (unpaired) electrons. The zero-order valence-electron chi connectivity index (χ0n) is 13.5. The quantitative estimate of drug-likeness (QED) is 0.361. The molecule has 2 aliphatic rings. The maximum Gasteiger partial charge on any atom is 0.344 e. The number of carbonyl (C=O) groups is 1. The summed E-state index contributed by atoms with van der Waals surface area (Å²) >= 11 is 0. The lowest BCUT2D eigenvalue weighted by molar-refractivity contribution is -0.157. The highest BCUT2D eigenvalue weighted by molar-refractivity contribution is 5.87. The van der Waals surface area contributed by atoms with Crippen molar-refractivity contribution >= 4 is 5.97 Å². The fraction of sp³-hybridized carbons (Fsp3) is 0.941. The molecule has 0 aromatic rings. The maximum absolute atomic E-state index is 11.7. The van der Waals surface area contributed by atoms with Gasteiger partial charge in [0, 0.05) is 0 Å². The number of hydrogen-bond acceptors (Lipinski definition) is 4. The number of esters is 1. The van der Waals surface area contributed by atoms with Crippen LogP contribution in [0.15, 0.2) is 0 Å². The molecule has 4 heteroatoms. The molecule has 0 amide bonds. The summed E-state index contributed by atoms with van der Waals surface area (Å²) < 4.78 is 10.6. The van der Waals surface area contributed by atoms with E-state index >= 15 is 0 Å². The fourth-order valence-corrected chi connectivity index (χ4v) is 3.37. The second-order valence-corrected chi connectivity index (χ2v) is 6.57. The summed E-state index contributed by atoms with van der Waals surface area (Å²) in [6.45, 7) is 4.06. The van der Waals surface area contributed by atoms with E-state index in [1.807, 2.05) is 6.92 Å². The molecule has 1 N–H and O–H groups in total. The van der Waals surface area contributed by atoms with E-state index in [9.17, 15) is 9.90 Å². The van der Waals surface area contributed by atoms with Gasteiger partial charge in [-0.25, -0.2) is 4.79 Å². The predicted molar refractivity (Wildman–Crippen MR) is 81.0 cm³/mol. The lowest BCUT2D eigenvalue weighted by Gasteiger charge is -2.14. The summed E-state index contributed by atoms with van der Waals surface area (Å²) in [5, 5.41) is 10.2. The number of epoxide rings is 1. The minimum Gasteiger partial charge on any atom is -0.457 e. The molecule has 0 aromatic carbocycles. The van der Waals surface area contributed by atoms with Crippen molar-refractivity contribution < 1.29 is 19.4 Å². The van der Waals surface area contributed by atoms with Crippen LogP contribution in [-0.2, 0) is 14.3 Å². The van der Waals surface area contributed by atoms with Gasteiger partial charge in [-0.05, 0) is 13.3 Å². The number of aliphatic hydroxyl groups excluding tert-OH is 1. The van der Waals surface area contributed by atoms with Crippen molar-refractivity contribution in [1.82, 2.24) is 0 Å². The topological polar surface area (TPSA) is 59.1 Å². The van der Waals surface area contributed by atoms with Gasteiger partial charge in [0.1, 0.15) is 12.2 Å². The van der Waals surface area contributed by atoms with Crippen LogP contribution < -0.4 is 0 Å². The Bertz CT molecular complexity index is 344. The third kappa shape index (κ3) is 3.78. The highest BCUT2D eigenvalue weighted by atomic mass is 16.7. The van der Waals surface area contributed by atoms with Crippen LogP contribution in [0.1, 0.15) is 78.1 Å². The van der Waals surface area contributed by atoms with Crippen LogP contribution in [0.2, 0.25) is 0 Å².